The number of halogens is 3. The highest BCUT2D eigenvalue weighted by molar-refractivity contribution is 6.74. The molecule has 0 unspecified atom stereocenters. The van der Waals surface area contributed by atoms with E-state index in [0.717, 1.165) is 6.07 Å². The Morgan fingerprint density at radius 2 is 1.63 bits per heavy atom. The Morgan fingerprint density at radius 3 is 2.00 bits per heavy atom. The summed E-state index contributed by atoms with van der Waals surface area (Å²) in [6.45, 7) is 9.97. The predicted octanol–water partition coefficient (Wildman–Crippen LogP) is 4.80. The lowest BCUT2D eigenvalue weighted by Crippen LogP contribution is -2.43. The molecule has 2 nitrogen and oxygen atoms in total. The molecule has 0 spiro atoms. The second-order valence-corrected chi connectivity index (χ2v) is 10.8. The summed E-state index contributed by atoms with van der Waals surface area (Å²) in [4.78, 5) is 0. The SMILES string of the molecule is CC(C)(C)[Si](C)(C)Oc1ccc(C(F)(F)F)cc1O. The topological polar surface area (TPSA) is 29.5 Å². The van der Waals surface area contributed by atoms with E-state index >= 15 is 0 Å². The van der Waals surface area contributed by atoms with Crippen LogP contribution in [0.25, 0.3) is 0 Å². The first-order chi connectivity index (χ1) is 8.34. The average molecular weight is 292 g/mol. The van der Waals surface area contributed by atoms with Gasteiger partial charge in [-0.25, -0.2) is 0 Å². The van der Waals surface area contributed by atoms with Crippen molar-refractivity contribution in [2.75, 3.05) is 0 Å². The van der Waals surface area contributed by atoms with Gasteiger partial charge < -0.3 is 9.53 Å². The number of benzene rings is 1. The van der Waals surface area contributed by atoms with E-state index in [1.54, 1.807) is 0 Å². The number of phenols is 1. The van der Waals surface area contributed by atoms with Crippen LogP contribution >= 0.6 is 0 Å². The van der Waals surface area contributed by atoms with Crippen LogP contribution in [0.15, 0.2) is 18.2 Å². The molecule has 0 bridgehead atoms. The smallest absolute Gasteiger partial charge is 0.416 e. The third kappa shape index (κ3) is 3.65. The maximum atomic E-state index is 12.5. The second kappa shape index (κ2) is 4.74. The molecule has 1 aromatic rings. The molecule has 0 aliphatic rings. The van der Waals surface area contributed by atoms with Crippen molar-refractivity contribution < 1.29 is 22.7 Å². The highest BCUT2D eigenvalue weighted by atomic mass is 28.4. The van der Waals surface area contributed by atoms with Crippen LogP contribution in [-0.2, 0) is 6.18 Å². The van der Waals surface area contributed by atoms with Crippen LogP contribution in [-0.4, -0.2) is 13.4 Å². The Kier molecular flexibility index (Phi) is 3.96. The molecule has 0 aliphatic heterocycles. The van der Waals surface area contributed by atoms with Crippen molar-refractivity contribution in [3.05, 3.63) is 23.8 Å². The second-order valence-electron chi connectivity index (χ2n) is 6.04. The Bertz CT molecular complexity index is 462. The van der Waals surface area contributed by atoms with Crippen LogP contribution in [0.2, 0.25) is 18.1 Å². The molecule has 108 valence electrons. The number of hydrogen-bond donors (Lipinski definition) is 1. The average Bonchev–Trinajstić information content (AvgIpc) is 2.17. The zero-order valence-electron chi connectivity index (χ0n) is 11.7. The molecule has 0 amide bonds. The molecule has 1 rings (SSSR count). The van der Waals surface area contributed by atoms with Crippen molar-refractivity contribution in [3.63, 3.8) is 0 Å². The van der Waals surface area contributed by atoms with Crippen molar-refractivity contribution in [3.8, 4) is 11.5 Å². The summed E-state index contributed by atoms with van der Waals surface area (Å²) < 4.78 is 43.2. The number of hydrogen-bond acceptors (Lipinski definition) is 2. The van der Waals surface area contributed by atoms with Gasteiger partial charge in [0.15, 0.2) is 5.75 Å². The molecule has 0 saturated carbocycles. The molecule has 6 heteroatoms. The minimum atomic E-state index is -4.47. The molecule has 0 aromatic heterocycles. The first-order valence-electron chi connectivity index (χ1n) is 5.94. The Balaban J connectivity index is 3.06. The molecule has 0 radical (unpaired) electrons. The van der Waals surface area contributed by atoms with E-state index in [-0.39, 0.29) is 10.8 Å². The van der Waals surface area contributed by atoms with Gasteiger partial charge in [-0.2, -0.15) is 13.2 Å². The van der Waals surface area contributed by atoms with Crippen molar-refractivity contribution in [2.45, 2.75) is 45.1 Å². The third-order valence-corrected chi connectivity index (χ3v) is 7.80. The van der Waals surface area contributed by atoms with Gasteiger partial charge in [0.2, 0.25) is 0 Å². The number of aromatic hydroxyl groups is 1. The van der Waals surface area contributed by atoms with Gasteiger partial charge >= 0.3 is 6.18 Å². The Labute approximate surface area is 112 Å². The summed E-state index contributed by atoms with van der Waals surface area (Å²) in [6, 6.07) is 2.79. The van der Waals surface area contributed by atoms with Gasteiger partial charge in [0.05, 0.1) is 5.56 Å². The summed E-state index contributed by atoms with van der Waals surface area (Å²) in [6.07, 6.45) is -4.47. The molecule has 19 heavy (non-hydrogen) atoms. The fourth-order valence-corrected chi connectivity index (χ4v) is 2.24. The largest absolute Gasteiger partial charge is 0.541 e. The summed E-state index contributed by atoms with van der Waals surface area (Å²) in [5, 5.41) is 9.59. The minimum absolute atomic E-state index is 0.0951. The Hall–Kier alpha value is -1.17. The molecular weight excluding hydrogens is 273 g/mol. The normalized spacial score (nSPS) is 13.5. The summed E-state index contributed by atoms with van der Waals surface area (Å²) >= 11 is 0. The van der Waals surface area contributed by atoms with Gasteiger partial charge in [-0.05, 0) is 36.3 Å². The van der Waals surface area contributed by atoms with Crippen molar-refractivity contribution >= 4 is 8.32 Å². The zero-order chi connectivity index (χ0) is 15.1. The van der Waals surface area contributed by atoms with Crippen molar-refractivity contribution in [1.82, 2.24) is 0 Å². The quantitative estimate of drug-likeness (QED) is 0.794. The highest BCUT2D eigenvalue weighted by Crippen LogP contribution is 2.41. The minimum Gasteiger partial charge on any atom is -0.541 e. The molecule has 0 saturated heterocycles. The van der Waals surface area contributed by atoms with Crippen LogP contribution in [0, 0.1) is 0 Å². The van der Waals surface area contributed by atoms with E-state index in [4.69, 9.17) is 4.43 Å². The maximum absolute atomic E-state index is 12.5. The molecule has 1 aromatic carbocycles. The van der Waals surface area contributed by atoms with E-state index < -0.39 is 25.8 Å². The summed E-state index contributed by atoms with van der Waals surface area (Å²) in [5.74, 6) is -0.362. The lowest BCUT2D eigenvalue weighted by molar-refractivity contribution is -0.137. The van der Waals surface area contributed by atoms with Gasteiger partial charge in [-0.3, -0.25) is 0 Å². The lowest BCUT2D eigenvalue weighted by Gasteiger charge is -2.36. The van der Waals surface area contributed by atoms with E-state index in [9.17, 15) is 18.3 Å². The first kappa shape index (κ1) is 15.9. The van der Waals surface area contributed by atoms with Gasteiger partial charge in [0.25, 0.3) is 8.32 Å². The van der Waals surface area contributed by atoms with Gasteiger partial charge in [0.1, 0.15) is 5.75 Å². The van der Waals surface area contributed by atoms with Crippen molar-refractivity contribution in [1.29, 1.82) is 0 Å². The van der Waals surface area contributed by atoms with E-state index in [1.807, 2.05) is 33.9 Å². The number of rotatable bonds is 2. The number of phenolic OH excluding ortho intramolecular Hbond substituents is 1. The van der Waals surface area contributed by atoms with Crippen LogP contribution in [0.3, 0.4) is 0 Å². The summed E-state index contributed by atoms with van der Waals surface area (Å²) in [7, 11) is -2.18. The lowest BCUT2D eigenvalue weighted by atomic mass is 10.2. The van der Waals surface area contributed by atoms with Crippen LogP contribution in [0.4, 0.5) is 13.2 Å². The fourth-order valence-electron chi connectivity index (χ4n) is 1.21. The zero-order valence-corrected chi connectivity index (χ0v) is 12.7. The molecular formula is C13H19F3O2Si. The predicted molar refractivity (Wildman–Crippen MR) is 70.9 cm³/mol. The first-order valence-corrected chi connectivity index (χ1v) is 8.85. The fraction of sp³-hybridized carbons (Fsp3) is 0.538. The standard InChI is InChI=1S/C13H19F3O2Si/c1-12(2,3)19(4,5)18-11-7-6-9(8-10(11)17)13(14,15)16/h6-8,17H,1-5H3. The van der Waals surface area contributed by atoms with Gasteiger partial charge in [-0.15, -0.1) is 0 Å². The molecule has 0 atom stereocenters. The number of alkyl halides is 3. The maximum Gasteiger partial charge on any atom is 0.416 e. The monoisotopic (exact) mass is 292 g/mol. The van der Waals surface area contributed by atoms with E-state index in [2.05, 4.69) is 0 Å². The van der Waals surface area contributed by atoms with Gasteiger partial charge in [-0.1, -0.05) is 20.8 Å². The Morgan fingerprint density at radius 1 is 1.11 bits per heavy atom. The van der Waals surface area contributed by atoms with E-state index in [1.165, 1.54) is 6.07 Å². The summed E-state index contributed by atoms with van der Waals surface area (Å²) in [5.41, 5.74) is -0.882. The van der Waals surface area contributed by atoms with Gasteiger partial charge in [0, 0.05) is 0 Å². The van der Waals surface area contributed by atoms with Crippen LogP contribution in [0.5, 0.6) is 11.5 Å². The molecule has 0 aliphatic carbocycles. The molecule has 1 N–H and O–H groups in total. The highest BCUT2D eigenvalue weighted by Gasteiger charge is 2.40. The van der Waals surface area contributed by atoms with Crippen LogP contribution < -0.4 is 4.43 Å². The molecule has 0 heterocycles. The van der Waals surface area contributed by atoms with Crippen molar-refractivity contribution in [2.24, 2.45) is 0 Å². The van der Waals surface area contributed by atoms with Crippen LogP contribution in [0.1, 0.15) is 26.3 Å². The van der Waals surface area contributed by atoms with E-state index in [0.29, 0.717) is 6.07 Å². The molecule has 0 fully saturated rings. The third-order valence-electron chi connectivity index (χ3n) is 3.46.